The van der Waals surface area contributed by atoms with Gasteiger partial charge in [0, 0.05) is 32.2 Å². The molecule has 1 saturated heterocycles. The van der Waals surface area contributed by atoms with Crippen LogP contribution in [0.2, 0.25) is 0 Å². The maximum Gasteiger partial charge on any atom is 0.401 e. The summed E-state index contributed by atoms with van der Waals surface area (Å²) in [6.07, 6.45) is -3.59. The number of amides is 1. The molecule has 1 heterocycles. The van der Waals surface area contributed by atoms with E-state index < -0.39 is 18.6 Å². The number of carbonyl (C=O) groups is 1. The number of hydrogen-bond donors (Lipinski definition) is 4. The number of nitrogens with one attached hydrogen (secondary N) is 3. The van der Waals surface area contributed by atoms with E-state index in [0.29, 0.717) is 32.0 Å². The number of benzene rings is 1. The van der Waals surface area contributed by atoms with Gasteiger partial charge in [-0.05, 0) is 25.5 Å². The van der Waals surface area contributed by atoms with Crippen LogP contribution in [0.4, 0.5) is 13.2 Å². The third-order valence-corrected chi connectivity index (χ3v) is 4.18. The molecule has 1 unspecified atom stereocenters. The number of halogens is 4. The first-order valence-corrected chi connectivity index (χ1v) is 9.18. The molecule has 1 fully saturated rings. The van der Waals surface area contributed by atoms with Gasteiger partial charge >= 0.3 is 6.18 Å². The summed E-state index contributed by atoms with van der Waals surface area (Å²) in [7, 11) is 0. The number of carbonyl (C=O) groups excluding carboxylic acids is 1. The number of guanidine groups is 1. The van der Waals surface area contributed by atoms with Crippen molar-refractivity contribution in [3.8, 4) is 5.75 Å². The minimum Gasteiger partial charge on any atom is -0.507 e. The van der Waals surface area contributed by atoms with E-state index in [0.717, 1.165) is 0 Å². The Labute approximate surface area is 185 Å². The fraction of sp³-hybridized carbons (Fsp3) is 0.556. The van der Waals surface area contributed by atoms with Crippen LogP contribution in [0.3, 0.4) is 0 Å². The van der Waals surface area contributed by atoms with E-state index in [1.54, 1.807) is 12.1 Å². The number of aliphatic imine (C=N–C) groups is 1. The zero-order valence-corrected chi connectivity index (χ0v) is 18.5. The lowest BCUT2D eigenvalue weighted by atomic mass is 10.2. The predicted molar refractivity (Wildman–Crippen MR) is 116 cm³/mol. The van der Waals surface area contributed by atoms with Crippen LogP contribution in [0.1, 0.15) is 23.7 Å². The van der Waals surface area contributed by atoms with Gasteiger partial charge in [0.25, 0.3) is 5.91 Å². The van der Waals surface area contributed by atoms with E-state index in [9.17, 15) is 23.1 Å². The highest BCUT2D eigenvalue weighted by atomic mass is 127. The monoisotopic (exact) mass is 529 g/mol. The van der Waals surface area contributed by atoms with Gasteiger partial charge in [0.1, 0.15) is 5.75 Å². The molecule has 1 atom stereocenters. The highest BCUT2D eigenvalue weighted by Crippen LogP contribution is 2.20. The molecule has 1 aliphatic rings. The second kappa shape index (κ2) is 12.1. The summed E-state index contributed by atoms with van der Waals surface area (Å²) in [5.41, 5.74) is 0.187. The molecule has 29 heavy (non-hydrogen) atoms. The summed E-state index contributed by atoms with van der Waals surface area (Å²) in [6.45, 7) is 2.82. The van der Waals surface area contributed by atoms with Crippen molar-refractivity contribution in [3.63, 3.8) is 0 Å². The van der Waals surface area contributed by atoms with E-state index in [1.807, 2.05) is 6.92 Å². The maximum absolute atomic E-state index is 12.5. The molecule has 0 spiro atoms. The van der Waals surface area contributed by atoms with Crippen LogP contribution in [-0.4, -0.2) is 73.4 Å². The van der Waals surface area contributed by atoms with Crippen molar-refractivity contribution in [1.82, 2.24) is 20.9 Å². The number of nitrogens with zero attached hydrogens (tertiary/aromatic N) is 2. The van der Waals surface area contributed by atoms with E-state index in [4.69, 9.17) is 0 Å². The standard InChI is InChI=1S/C18H26F3N5O2.HI/c1-2-22-17(25-13-7-10-26(11-13)12-18(19,20)21)24-9-8-23-16(28)14-5-3-4-6-15(14)27;/h3-6,13,27H,2,7-12H2,1H3,(H,23,28)(H2,22,24,25);1H. The molecule has 0 saturated carbocycles. The average Bonchev–Trinajstić information content (AvgIpc) is 3.04. The van der Waals surface area contributed by atoms with Crippen molar-refractivity contribution in [1.29, 1.82) is 0 Å². The first kappa shape index (κ1) is 25.3. The lowest BCUT2D eigenvalue weighted by molar-refractivity contribution is -0.143. The number of rotatable bonds is 7. The molecule has 1 aromatic carbocycles. The van der Waals surface area contributed by atoms with Crippen molar-refractivity contribution >= 4 is 35.8 Å². The Morgan fingerprint density at radius 2 is 2.03 bits per heavy atom. The molecule has 164 valence electrons. The Morgan fingerprint density at radius 1 is 1.31 bits per heavy atom. The molecule has 1 amide bonds. The number of alkyl halides is 3. The third-order valence-electron chi connectivity index (χ3n) is 4.18. The van der Waals surface area contributed by atoms with Crippen LogP contribution in [0, 0.1) is 0 Å². The van der Waals surface area contributed by atoms with Crippen molar-refractivity contribution < 1.29 is 23.1 Å². The Balaban J connectivity index is 0.00000420. The van der Waals surface area contributed by atoms with Gasteiger partial charge in [0.05, 0.1) is 18.7 Å². The molecule has 7 nitrogen and oxygen atoms in total. The highest BCUT2D eigenvalue weighted by molar-refractivity contribution is 14.0. The molecule has 4 N–H and O–H groups in total. The normalized spacial score (nSPS) is 17.5. The van der Waals surface area contributed by atoms with Crippen LogP contribution < -0.4 is 16.0 Å². The predicted octanol–water partition coefficient (Wildman–Crippen LogP) is 1.93. The quantitative estimate of drug-likeness (QED) is 0.188. The van der Waals surface area contributed by atoms with Gasteiger partial charge in [-0.25, -0.2) is 0 Å². The minimum atomic E-state index is -4.20. The Morgan fingerprint density at radius 3 is 2.69 bits per heavy atom. The molecule has 2 rings (SSSR count). The van der Waals surface area contributed by atoms with Gasteiger partial charge in [-0.3, -0.25) is 14.7 Å². The van der Waals surface area contributed by atoms with Crippen molar-refractivity contribution in [3.05, 3.63) is 29.8 Å². The van der Waals surface area contributed by atoms with Crippen LogP contribution in [-0.2, 0) is 0 Å². The molecular weight excluding hydrogens is 502 g/mol. The van der Waals surface area contributed by atoms with Crippen LogP contribution in [0.15, 0.2) is 29.3 Å². The molecular formula is C18H27F3IN5O2. The summed E-state index contributed by atoms with van der Waals surface area (Å²) in [5, 5.41) is 18.5. The molecule has 1 aromatic rings. The number of phenolic OH excluding ortho intramolecular Hbond substituents is 1. The van der Waals surface area contributed by atoms with Gasteiger partial charge in [-0.2, -0.15) is 13.2 Å². The number of aromatic hydroxyl groups is 1. The Bertz CT molecular complexity index is 688. The summed E-state index contributed by atoms with van der Waals surface area (Å²) in [5.74, 6) is 0.00571. The molecule has 0 aliphatic carbocycles. The zero-order chi connectivity index (χ0) is 20.6. The van der Waals surface area contributed by atoms with Crippen molar-refractivity contribution in [2.75, 3.05) is 39.3 Å². The first-order chi connectivity index (χ1) is 13.3. The zero-order valence-electron chi connectivity index (χ0n) is 16.1. The van der Waals surface area contributed by atoms with E-state index in [2.05, 4.69) is 20.9 Å². The minimum absolute atomic E-state index is 0. The number of phenols is 1. The van der Waals surface area contributed by atoms with Crippen molar-refractivity contribution in [2.45, 2.75) is 25.6 Å². The summed E-state index contributed by atoms with van der Waals surface area (Å²) in [6, 6.07) is 6.12. The SMILES string of the molecule is CCNC(=NCCNC(=O)c1ccccc1O)NC1CCN(CC(F)(F)F)C1.I. The van der Waals surface area contributed by atoms with E-state index >= 15 is 0 Å². The van der Waals surface area contributed by atoms with Gasteiger partial charge in [0.15, 0.2) is 5.96 Å². The largest absolute Gasteiger partial charge is 0.507 e. The smallest absolute Gasteiger partial charge is 0.401 e. The van der Waals surface area contributed by atoms with Gasteiger partial charge in [-0.1, -0.05) is 12.1 Å². The second-order valence-electron chi connectivity index (χ2n) is 6.51. The van der Waals surface area contributed by atoms with Crippen LogP contribution in [0.5, 0.6) is 5.75 Å². The van der Waals surface area contributed by atoms with Gasteiger partial charge in [0.2, 0.25) is 0 Å². The molecule has 0 bridgehead atoms. The van der Waals surface area contributed by atoms with Crippen molar-refractivity contribution in [2.24, 2.45) is 4.99 Å². The van der Waals surface area contributed by atoms with E-state index in [1.165, 1.54) is 17.0 Å². The van der Waals surface area contributed by atoms with Gasteiger partial charge in [-0.15, -0.1) is 24.0 Å². The topological polar surface area (TPSA) is 89.0 Å². The fourth-order valence-electron chi connectivity index (χ4n) is 2.96. The second-order valence-corrected chi connectivity index (χ2v) is 6.51. The number of likely N-dealkylation sites (tertiary alicyclic amines) is 1. The lowest BCUT2D eigenvalue weighted by Crippen LogP contribution is -2.45. The number of hydrogen-bond acceptors (Lipinski definition) is 4. The molecule has 11 heteroatoms. The lowest BCUT2D eigenvalue weighted by Gasteiger charge is -2.19. The summed E-state index contributed by atoms with van der Waals surface area (Å²) < 4.78 is 37.5. The molecule has 1 aliphatic heterocycles. The van der Waals surface area contributed by atoms with Gasteiger partial charge < -0.3 is 21.1 Å². The van der Waals surface area contributed by atoms with E-state index in [-0.39, 0.29) is 54.4 Å². The molecule has 0 aromatic heterocycles. The van der Waals surface area contributed by atoms with Crippen LogP contribution >= 0.6 is 24.0 Å². The number of para-hydroxylation sites is 1. The average molecular weight is 529 g/mol. The highest BCUT2D eigenvalue weighted by Gasteiger charge is 2.34. The maximum atomic E-state index is 12.5. The summed E-state index contributed by atoms with van der Waals surface area (Å²) >= 11 is 0. The Kier molecular flexibility index (Phi) is 10.5. The molecule has 0 radical (unpaired) electrons. The third kappa shape index (κ3) is 9.07. The summed E-state index contributed by atoms with van der Waals surface area (Å²) in [4.78, 5) is 17.7. The fourth-order valence-corrected chi connectivity index (χ4v) is 2.96. The first-order valence-electron chi connectivity index (χ1n) is 9.18. The van der Waals surface area contributed by atoms with Crippen LogP contribution in [0.25, 0.3) is 0 Å². The Hall–Kier alpha value is -1.76.